The van der Waals surface area contributed by atoms with Crippen molar-refractivity contribution >= 4 is 17.2 Å². The first-order valence-corrected chi connectivity index (χ1v) is 7.41. The average Bonchev–Trinajstić information content (AvgIpc) is 2.81. The zero-order chi connectivity index (χ0) is 10.5. The molecule has 2 rings (SSSR count). The van der Waals surface area contributed by atoms with Crippen molar-refractivity contribution in [3.8, 4) is 0 Å². The number of hydrogen-bond acceptors (Lipinski definition) is 1. The number of rotatable bonds is 4. The van der Waals surface area contributed by atoms with Crippen molar-refractivity contribution in [2.24, 2.45) is 0 Å². The Bertz CT molecular complexity index is 304. The number of carbonyl (C=O) groups is 1. The van der Waals surface area contributed by atoms with Crippen molar-refractivity contribution < 1.29 is 4.79 Å². The standard InChI is InChI=1S/C13H18OS/c14-11-13(15-8-4-5-9-15)10-12-6-2-1-3-7-12/h1-3,6-7,11,13,15H,4-5,8-10H2. The molecule has 1 aromatic carbocycles. The highest BCUT2D eigenvalue weighted by atomic mass is 32.2. The van der Waals surface area contributed by atoms with Gasteiger partial charge in [-0.2, -0.15) is 0 Å². The lowest BCUT2D eigenvalue weighted by atomic mass is 10.1. The van der Waals surface area contributed by atoms with Crippen LogP contribution in [0.5, 0.6) is 0 Å². The summed E-state index contributed by atoms with van der Waals surface area (Å²) in [6, 6.07) is 10.4. The second-order valence-corrected chi connectivity index (χ2v) is 6.87. The molecule has 15 heavy (non-hydrogen) atoms. The van der Waals surface area contributed by atoms with Crippen molar-refractivity contribution in [2.75, 3.05) is 11.5 Å². The van der Waals surface area contributed by atoms with Crippen molar-refractivity contribution in [1.82, 2.24) is 0 Å². The smallest absolute Gasteiger partial charge is 0.131 e. The normalized spacial score (nSPS) is 20.1. The van der Waals surface area contributed by atoms with E-state index >= 15 is 0 Å². The molecular formula is C13H18OS. The molecule has 1 saturated heterocycles. The lowest BCUT2D eigenvalue weighted by Crippen LogP contribution is -2.14. The summed E-state index contributed by atoms with van der Waals surface area (Å²) >= 11 is 0. The van der Waals surface area contributed by atoms with Crippen molar-refractivity contribution in [2.45, 2.75) is 24.5 Å². The summed E-state index contributed by atoms with van der Waals surface area (Å²) in [7, 11) is -0.000378. The maximum Gasteiger partial charge on any atom is 0.131 e. The molecule has 1 heterocycles. The molecular weight excluding hydrogens is 204 g/mol. The molecule has 0 spiro atoms. The molecule has 1 nitrogen and oxygen atoms in total. The van der Waals surface area contributed by atoms with Crippen LogP contribution in [0.4, 0.5) is 0 Å². The van der Waals surface area contributed by atoms with Gasteiger partial charge in [0.05, 0.1) is 0 Å². The summed E-state index contributed by atoms with van der Waals surface area (Å²) in [5.41, 5.74) is 1.31. The first kappa shape index (κ1) is 10.7. The quantitative estimate of drug-likeness (QED) is 0.612. The lowest BCUT2D eigenvalue weighted by Gasteiger charge is -2.21. The summed E-state index contributed by atoms with van der Waals surface area (Å²) in [6.07, 6.45) is 4.83. The number of hydrogen-bond donors (Lipinski definition) is 1. The number of benzene rings is 1. The summed E-state index contributed by atoms with van der Waals surface area (Å²) in [6.45, 7) is 0. The van der Waals surface area contributed by atoms with Gasteiger partial charge < -0.3 is 4.79 Å². The molecule has 0 bridgehead atoms. The largest absolute Gasteiger partial charge is 0.302 e. The van der Waals surface area contributed by atoms with E-state index in [1.54, 1.807) is 0 Å². The average molecular weight is 222 g/mol. The van der Waals surface area contributed by atoms with Crippen molar-refractivity contribution in [3.05, 3.63) is 35.9 Å². The fourth-order valence-electron chi connectivity index (χ4n) is 2.19. The van der Waals surface area contributed by atoms with Gasteiger partial charge in [-0.1, -0.05) is 30.3 Å². The fourth-order valence-corrected chi connectivity index (χ4v) is 4.98. The molecule has 0 radical (unpaired) electrons. The highest BCUT2D eigenvalue weighted by Crippen LogP contribution is 2.39. The maximum atomic E-state index is 11.1. The van der Waals surface area contributed by atoms with Crippen molar-refractivity contribution in [3.63, 3.8) is 0 Å². The van der Waals surface area contributed by atoms with Crippen LogP contribution in [-0.2, 0) is 11.2 Å². The van der Waals surface area contributed by atoms with Gasteiger partial charge in [-0.3, -0.25) is 0 Å². The lowest BCUT2D eigenvalue weighted by molar-refractivity contribution is -0.107. The van der Waals surface area contributed by atoms with Gasteiger partial charge in [0.15, 0.2) is 0 Å². The Balaban J connectivity index is 1.99. The third kappa shape index (κ3) is 2.85. The minimum atomic E-state index is -0.000378. The van der Waals surface area contributed by atoms with Crippen LogP contribution in [-0.4, -0.2) is 23.0 Å². The SMILES string of the molecule is O=CC(Cc1ccccc1)[SH]1CCCC1. The Kier molecular flexibility index (Phi) is 3.84. The second kappa shape index (κ2) is 5.36. The van der Waals surface area contributed by atoms with Gasteiger partial charge >= 0.3 is 0 Å². The molecule has 1 unspecified atom stereocenters. The molecule has 0 amide bonds. The zero-order valence-electron chi connectivity index (χ0n) is 8.93. The Morgan fingerprint density at radius 3 is 2.47 bits per heavy atom. The molecule has 0 saturated carbocycles. The highest BCUT2D eigenvalue weighted by Gasteiger charge is 2.20. The second-order valence-electron chi connectivity index (χ2n) is 4.14. The van der Waals surface area contributed by atoms with Gasteiger partial charge in [0.1, 0.15) is 6.29 Å². The van der Waals surface area contributed by atoms with Crippen LogP contribution >= 0.6 is 10.9 Å². The van der Waals surface area contributed by atoms with Crippen molar-refractivity contribution in [1.29, 1.82) is 0 Å². The number of thiol groups is 1. The van der Waals surface area contributed by atoms with Crippen LogP contribution in [0.25, 0.3) is 0 Å². The van der Waals surface area contributed by atoms with Gasteiger partial charge in [0.2, 0.25) is 0 Å². The molecule has 0 aromatic heterocycles. The summed E-state index contributed by atoms with van der Waals surface area (Å²) in [5.74, 6) is 2.62. The Hall–Kier alpha value is -0.760. The van der Waals surface area contributed by atoms with Crippen LogP contribution in [0.15, 0.2) is 30.3 Å². The van der Waals surface area contributed by atoms with Crippen LogP contribution in [0.3, 0.4) is 0 Å². The van der Waals surface area contributed by atoms with Gasteiger partial charge in [-0.25, -0.2) is 10.9 Å². The molecule has 1 aromatic rings. The molecule has 1 atom stereocenters. The van der Waals surface area contributed by atoms with Gasteiger partial charge in [0.25, 0.3) is 0 Å². The van der Waals surface area contributed by atoms with Crippen LogP contribution in [0.2, 0.25) is 0 Å². The first-order valence-electron chi connectivity index (χ1n) is 5.63. The minimum Gasteiger partial charge on any atom is -0.302 e. The van der Waals surface area contributed by atoms with E-state index in [9.17, 15) is 4.79 Å². The summed E-state index contributed by atoms with van der Waals surface area (Å²) in [4.78, 5) is 11.1. The van der Waals surface area contributed by atoms with E-state index in [-0.39, 0.29) is 10.9 Å². The summed E-state index contributed by atoms with van der Waals surface area (Å²) in [5, 5.41) is 0.310. The van der Waals surface area contributed by atoms with E-state index in [4.69, 9.17) is 0 Å². The van der Waals surface area contributed by atoms with Gasteiger partial charge in [-0.15, -0.1) is 0 Å². The van der Waals surface area contributed by atoms with E-state index in [0.29, 0.717) is 5.25 Å². The van der Waals surface area contributed by atoms with E-state index in [2.05, 4.69) is 24.3 Å². The predicted molar refractivity (Wildman–Crippen MR) is 68.0 cm³/mol. The van der Waals surface area contributed by atoms with Crippen LogP contribution in [0, 0.1) is 0 Å². The topological polar surface area (TPSA) is 17.1 Å². The number of carbonyl (C=O) groups excluding carboxylic acids is 1. The van der Waals surface area contributed by atoms with Gasteiger partial charge in [-0.05, 0) is 36.3 Å². The van der Waals surface area contributed by atoms with E-state index in [1.165, 1.54) is 36.2 Å². The molecule has 0 aliphatic carbocycles. The molecule has 1 aliphatic heterocycles. The van der Waals surface area contributed by atoms with E-state index in [1.807, 2.05) is 6.07 Å². The molecule has 1 fully saturated rings. The Labute approximate surface area is 94.2 Å². The predicted octanol–water partition coefficient (Wildman–Crippen LogP) is 2.59. The zero-order valence-corrected chi connectivity index (χ0v) is 9.83. The monoisotopic (exact) mass is 222 g/mol. The third-order valence-electron chi connectivity index (χ3n) is 3.05. The molecule has 0 N–H and O–H groups in total. The van der Waals surface area contributed by atoms with Crippen LogP contribution < -0.4 is 0 Å². The number of aldehydes is 1. The molecule has 82 valence electrons. The highest BCUT2D eigenvalue weighted by molar-refractivity contribution is 8.18. The fraction of sp³-hybridized carbons (Fsp3) is 0.462. The minimum absolute atomic E-state index is 0.000378. The summed E-state index contributed by atoms with van der Waals surface area (Å²) < 4.78 is 0. The first-order chi connectivity index (χ1) is 7.40. The van der Waals surface area contributed by atoms with Crippen LogP contribution in [0.1, 0.15) is 18.4 Å². The third-order valence-corrected chi connectivity index (χ3v) is 6.08. The Morgan fingerprint density at radius 1 is 1.20 bits per heavy atom. The van der Waals surface area contributed by atoms with E-state index < -0.39 is 0 Å². The molecule has 1 aliphatic rings. The van der Waals surface area contributed by atoms with Gasteiger partial charge in [0, 0.05) is 5.25 Å². The maximum absolute atomic E-state index is 11.1. The van der Waals surface area contributed by atoms with E-state index in [0.717, 1.165) is 6.42 Å². The molecule has 2 heteroatoms. The Morgan fingerprint density at radius 2 is 1.87 bits per heavy atom.